The van der Waals surface area contributed by atoms with Gasteiger partial charge in [-0.25, -0.2) is 0 Å². The van der Waals surface area contributed by atoms with Crippen molar-refractivity contribution in [2.75, 3.05) is 7.05 Å². The molecule has 1 aliphatic carbocycles. The summed E-state index contributed by atoms with van der Waals surface area (Å²) in [5, 5.41) is 5.95. The number of nitrogens with one attached hydrogen (secondary N) is 1. The molecule has 108 valence electrons. The number of hydrogen-bond donors (Lipinski definition) is 1. The van der Waals surface area contributed by atoms with E-state index in [0.717, 1.165) is 17.1 Å². The molecule has 0 radical (unpaired) electrons. The van der Waals surface area contributed by atoms with E-state index in [1.165, 1.54) is 29.2 Å². The van der Waals surface area contributed by atoms with Crippen molar-refractivity contribution in [3.8, 4) is 0 Å². The molecule has 2 atom stereocenters. The van der Waals surface area contributed by atoms with E-state index in [2.05, 4.69) is 49.6 Å². The first-order valence-electron chi connectivity index (χ1n) is 7.86. The molecular formula is C19H21NO. The van der Waals surface area contributed by atoms with E-state index in [9.17, 15) is 0 Å². The van der Waals surface area contributed by atoms with E-state index in [0.29, 0.717) is 12.0 Å². The molecule has 0 aliphatic heterocycles. The molecule has 2 heteroatoms. The van der Waals surface area contributed by atoms with Crippen LogP contribution in [0.25, 0.3) is 21.9 Å². The van der Waals surface area contributed by atoms with Crippen molar-refractivity contribution >= 4 is 21.9 Å². The van der Waals surface area contributed by atoms with Crippen LogP contribution in [-0.4, -0.2) is 7.05 Å². The Morgan fingerprint density at radius 3 is 2.57 bits per heavy atom. The third kappa shape index (κ3) is 2.14. The van der Waals surface area contributed by atoms with Gasteiger partial charge in [0.05, 0.1) is 0 Å². The highest BCUT2D eigenvalue weighted by atomic mass is 16.3. The summed E-state index contributed by atoms with van der Waals surface area (Å²) < 4.78 is 5.92. The summed E-state index contributed by atoms with van der Waals surface area (Å²) in [5.74, 6) is 1.57. The summed E-state index contributed by atoms with van der Waals surface area (Å²) in [7, 11) is 2.07. The van der Waals surface area contributed by atoms with Crippen LogP contribution in [0.15, 0.2) is 46.9 Å². The van der Waals surface area contributed by atoms with E-state index in [4.69, 9.17) is 4.42 Å². The molecular weight excluding hydrogens is 258 g/mol. The molecule has 2 nitrogen and oxygen atoms in total. The van der Waals surface area contributed by atoms with Gasteiger partial charge in [-0.3, -0.25) is 0 Å². The van der Waals surface area contributed by atoms with Crippen LogP contribution in [0.1, 0.15) is 31.4 Å². The first-order chi connectivity index (χ1) is 10.3. The smallest absolute Gasteiger partial charge is 0.135 e. The summed E-state index contributed by atoms with van der Waals surface area (Å²) in [6.07, 6.45) is 2.77. The highest BCUT2D eigenvalue weighted by Crippen LogP contribution is 2.43. The third-order valence-electron chi connectivity index (χ3n) is 4.96. The molecule has 3 aromatic rings. The highest BCUT2D eigenvalue weighted by molar-refractivity contribution is 6.05. The minimum absolute atomic E-state index is 0.426. The second-order valence-electron chi connectivity index (χ2n) is 6.32. The molecule has 1 saturated carbocycles. The van der Waals surface area contributed by atoms with E-state index in [1.54, 1.807) is 0 Å². The molecule has 0 saturated heterocycles. The van der Waals surface area contributed by atoms with E-state index in [-0.39, 0.29) is 0 Å². The molecule has 1 heterocycles. The van der Waals surface area contributed by atoms with Gasteiger partial charge in [-0.05, 0) is 55.5 Å². The zero-order chi connectivity index (χ0) is 14.4. The summed E-state index contributed by atoms with van der Waals surface area (Å²) >= 11 is 0. The van der Waals surface area contributed by atoms with Gasteiger partial charge in [0, 0.05) is 16.8 Å². The normalized spacial score (nSPS) is 18.2. The van der Waals surface area contributed by atoms with Crippen molar-refractivity contribution in [1.29, 1.82) is 0 Å². The maximum absolute atomic E-state index is 5.92. The Bertz CT molecular complexity index is 784. The standard InChI is InChI=1S/C19H21NO/c1-12(13-7-8-13)19(20-2)14-9-10-18-16(11-14)15-5-3-4-6-17(15)21-18/h3-6,9-13,19-20H,7-8H2,1-2H3. The lowest BCUT2D eigenvalue weighted by Crippen LogP contribution is -2.24. The first-order valence-corrected chi connectivity index (χ1v) is 7.86. The molecule has 0 amide bonds. The van der Waals surface area contributed by atoms with Crippen LogP contribution in [0.2, 0.25) is 0 Å². The van der Waals surface area contributed by atoms with Gasteiger partial charge in [-0.2, -0.15) is 0 Å². The van der Waals surface area contributed by atoms with Gasteiger partial charge >= 0.3 is 0 Å². The second-order valence-corrected chi connectivity index (χ2v) is 6.32. The summed E-state index contributed by atoms with van der Waals surface area (Å²) in [6, 6.07) is 15.3. The van der Waals surface area contributed by atoms with Crippen LogP contribution in [0.4, 0.5) is 0 Å². The van der Waals surface area contributed by atoms with Crippen molar-refractivity contribution in [2.45, 2.75) is 25.8 Å². The molecule has 2 unspecified atom stereocenters. The van der Waals surface area contributed by atoms with Gasteiger partial charge in [0.2, 0.25) is 0 Å². The summed E-state index contributed by atoms with van der Waals surface area (Å²) in [6.45, 7) is 2.37. The molecule has 0 spiro atoms. The monoisotopic (exact) mass is 279 g/mol. The largest absolute Gasteiger partial charge is 0.456 e. The maximum atomic E-state index is 5.92. The minimum atomic E-state index is 0.426. The highest BCUT2D eigenvalue weighted by Gasteiger charge is 2.33. The number of para-hydroxylation sites is 1. The number of rotatable bonds is 4. The van der Waals surface area contributed by atoms with Gasteiger partial charge < -0.3 is 9.73 Å². The predicted octanol–water partition coefficient (Wildman–Crippen LogP) is 4.89. The van der Waals surface area contributed by atoms with Crippen LogP contribution >= 0.6 is 0 Å². The van der Waals surface area contributed by atoms with E-state index < -0.39 is 0 Å². The average Bonchev–Trinajstić information content (AvgIpc) is 3.29. The van der Waals surface area contributed by atoms with E-state index >= 15 is 0 Å². The molecule has 0 bridgehead atoms. The Hall–Kier alpha value is -1.80. The molecule has 21 heavy (non-hydrogen) atoms. The molecule has 1 N–H and O–H groups in total. The average molecular weight is 279 g/mol. The zero-order valence-electron chi connectivity index (χ0n) is 12.6. The van der Waals surface area contributed by atoms with Crippen LogP contribution < -0.4 is 5.32 Å². The lowest BCUT2D eigenvalue weighted by molar-refractivity contribution is 0.369. The zero-order valence-corrected chi connectivity index (χ0v) is 12.6. The fourth-order valence-electron chi connectivity index (χ4n) is 3.56. The van der Waals surface area contributed by atoms with Gasteiger partial charge in [0.1, 0.15) is 11.2 Å². The Kier molecular flexibility index (Phi) is 3.00. The first kappa shape index (κ1) is 12.9. The van der Waals surface area contributed by atoms with Crippen molar-refractivity contribution in [3.05, 3.63) is 48.0 Å². The van der Waals surface area contributed by atoms with Gasteiger partial charge in [0.25, 0.3) is 0 Å². The topological polar surface area (TPSA) is 25.2 Å². The van der Waals surface area contributed by atoms with E-state index in [1.807, 2.05) is 12.1 Å². The Balaban J connectivity index is 1.83. The third-order valence-corrected chi connectivity index (χ3v) is 4.96. The van der Waals surface area contributed by atoms with Gasteiger partial charge in [-0.1, -0.05) is 31.2 Å². The Labute approximate surface area is 125 Å². The molecule has 1 aliphatic rings. The number of fused-ring (bicyclic) bond motifs is 3. The van der Waals surface area contributed by atoms with Gasteiger partial charge in [-0.15, -0.1) is 0 Å². The fourth-order valence-corrected chi connectivity index (χ4v) is 3.56. The van der Waals surface area contributed by atoms with Crippen molar-refractivity contribution in [3.63, 3.8) is 0 Å². The Morgan fingerprint density at radius 1 is 1.05 bits per heavy atom. The quantitative estimate of drug-likeness (QED) is 0.735. The second kappa shape index (κ2) is 4.88. The lowest BCUT2D eigenvalue weighted by atomic mass is 9.90. The Morgan fingerprint density at radius 2 is 1.81 bits per heavy atom. The fraction of sp³-hybridized carbons (Fsp3) is 0.368. The predicted molar refractivity (Wildman–Crippen MR) is 87.4 cm³/mol. The van der Waals surface area contributed by atoms with Crippen LogP contribution in [0.5, 0.6) is 0 Å². The number of hydrogen-bond acceptors (Lipinski definition) is 2. The molecule has 1 fully saturated rings. The van der Waals surface area contributed by atoms with Gasteiger partial charge in [0.15, 0.2) is 0 Å². The van der Waals surface area contributed by atoms with Crippen molar-refractivity contribution < 1.29 is 4.42 Å². The molecule has 4 rings (SSSR count). The van der Waals surface area contributed by atoms with Crippen LogP contribution in [-0.2, 0) is 0 Å². The molecule has 1 aromatic heterocycles. The summed E-state index contributed by atoms with van der Waals surface area (Å²) in [4.78, 5) is 0. The maximum Gasteiger partial charge on any atom is 0.135 e. The lowest BCUT2D eigenvalue weighted by Gasteiger charge is -2.24. The minimum Gasteiger partial charge on any atom is -0.456 e. The van der Waals surface area contributed by atoms with Crippen LogP contribution in [0.3, 0.4) is 0 Å². The van der Waals surface area contributed by atoms with Crippen molar-refractivity contribution in [2.24, 2.45) is 11.8 Å². The SMILES string of the molecule is CNC(c1ccc2oc3ccccc3c2c1)C(C)C1CC1. The number of furan rings is 1. The summed E-state index contributed by atoms with van der Waals surface area (Å²) in [5.41, 5.74) is 3.32. The number of benzene rings is 2. The van der Waals surface area contributed by atoms with Crippen LogP contribution in [0, 0.1) is 11.8 Å². The van der Waals surface area contributed by atoms with Crippen molar-refractivity contribution in [1.82, 2.24) is 5.32 Å². The molecule has 2 aromatic carbocycles.